The molecule has 4 heteroatoms. The molecule has 0 aliphatic rings. The van der Waals surface area contributed by atoms with Gasteiger partial charge in [0.25, 0.3) is 0 Å². The molecule has 2 rings (SSSR count). The van der Waals surface area contributed by atoms with Gasteiger partial charge in [0.15, 0.2) is 0 Å². The number of thiazole rings is 1. The summed E-state index contributed by atoms with van der Waals surface area (Å²) in [5, 5.41) is 3.06. The van der Waals surface area contributed by atoms with Crippen LogP contribution in [0.25, 0.3) is 10.6 Å². The Morgan fingerprint density at radius 3 is 2.85 bits per heavy atom. The maximum Gasteiger partial charge on any atom is 0.107 e. The first kappa shape index (κ1) is 8.87. The summed E-state index contributed by atoms with van der Waals surface area (Å²) in [6.45, 7) is 2.64. The minimum absolute atomic E-state index is 0.537. The molecule has 0 aliphatic heterocycles. The van der Waals surface area contributed by atoms with Crippen molar-refractivity contribution < 1.29 is 0 Å². The fourth-order valence-corrected chi connectivity index (χ4v) is 2.67. The Labute approximate surface area is 85.1 Å². The van der Waals surface area contributed by atoms with Gasteiger partial charge in [0.2, 0.25) is 0 Å². The number of thiophene rings is 1. The van der Waals surface area contributed by atoms with Gasteiger partial charge in [0, 0.05) is 16.8 Å². The Bertz CT molecular complexity index is 403. The highest BCUT2D eigenvalue weighted by molar-refractivity contribution is 7.16. The van der Waals surface area contributed by atoms with E-state index in [2.05, 4.69) is 29.4 Å². The SMILES string of the molecule is Cc1ccc(-c2csc(CN)n2)s1. The molecule has 2 N–H and O–H groups in total. The summed E-state index contributed by atoms with van der Waals surface area (Å²) >= 11 is 3.39. The summed E-state index contributed by atoms with van der Waals surface area (Å²) in [5.41, 5.74) is 6.56. The molecule has 0 fully saturated rings. The Morgan fingerprint density at radius 1 is 1.46 bits per heavy atom. The van der Waals surface area contributed by atoms with E-state index in [1.165, 1.54) is 9.75 Å². The summed E-state index contributed by atoms with van der Waals surface area (Å²) in [6, 6.07) is 4.22. The molecule has 0 radical (unpaired) electrons. The van der Waals surface area contributed by atoms with E-state index in [1.807, 2.05) is 0 Å². The van der Waals surface area contributed by atoms with Crippen molar-refractivity contribution in [1.82, 2.24) is 4.98 Å². The Hall–Kier alpha value is -0.710. The molecule has 0 amide bonds. The van der Waals surface area contributed by atoms with Crippen molar-refractivity contribution in [2.24, 2.45) is 5.73 Å². The zero-order valence-electron chi connectivity index (χ0n) is 7.28. The molecule has 68 valence electrons. The molecular formula is C9H10N2S2. The quantitative estimate of drug-likeness (QED) is 0.827. The molecule has 0 aromatic carbocycles. The smallest absolute Gasteiger partial charge is 0.107 e. The van der Waals surface area contributed by atoms with Crippen LogP contribution in [0.3, 0.4) is 0 Å². The van der Waals surface area contributed by atoms with E-state index in [1.54, 1.807) is 22.7 Å². The molecule has 0 atom stereocenters. The summed E-state index contributed by atoms with van der Waals surface area (Å²) in [7, 11) is 0. The fraction of sp³-hybridized carbons (Fsp3) is 0.222. The molecule has 13 heavy (non-hydrogen) atoms. The van der Waals surface area contributed by atoms with Gasteiger partial charge in [0.1, 0.15) is 5.01 Å². The van der Waals surface area contributed by atoms with Crippen LogP contribution in [0, 0.1) is 6.92 Å². The van der Waals surface area contributed by atoms with Crippen LogP contribution in [0.15, 0.2) is 17.5 Å². The van der Waals surface area contributed by atoms with E-state index in [4.69, 9.17) is 5.73 Å². The summed E-state index contributed by atoms with van der Waals surface area (Å²) in [5.74, 6) is 0. The van der Waals surface area contributed by atoms with Crippen molar-refractivity contribution in [3.8, 4) is 10.6 Å². The molecule has 2 aromatic heterocycles. The van der Waals surface area contributed by atoms with E-state index in [0.717, 1.165) is 10.7 Å². The lowest BCUT2D eigenvalue weighted by molar-refractivity contribution is 1.04. The van der Waals surface area contributed by atoms with Crippen molar-refractivity contribution in [3.63, 3.8) is 0 Å². The highest BCUT2D eigenvalue weighted by atomic mass is 32.1. The number of rotatable bonds is 2. The summed E-state index contributed by atoms with van der Waals surface area (Å²) in [6.07, 6.45) is 0. The van der Waals surface area contributed by atoms with Crippen LogP contribution in [-0.4, -0.2) is 4.98 Å². The monoisotopic (exact) mass is 210 g/mol. The van der Waals surface area contributed by atoms with E-state index >= 15 is 0 Å². The van der Waals surface area contributed by atoms with Crippen molar-refractivity contribution in [3.05, 3.63) is 27.4 Å². The fourth-order valence-electron chi connectivity index (χ4n) is 1.09. The van der Waals surface area contributed by atoms with Gasteiger partial charge in [-0.05, 0) is 19.1 Å². The number of nitrogens with two attached hydrogens (primary N) is 1. The number of aryl methyl sites for hydroxylation is 1. The minimum atomic E-state index is 0.537. The van der Waals surface area contributed by atoms with Gasteiger partial charge < -0.3 is 5.73 Å². The highest BCUT2D eigenvalue weighted by Gasteiger charge is 2.04. The van der Waals surface area contributed by atoms with Gasteiger partial charge in [-0.15, -0.1) is 22.7 Å². The van der Waals surface area contributed by atoms with Crippen molar-refractivity contribution >= 4 is 22.7 Å². The standard InChI is InChI=1S/C9H10N2S2/c1-6-2-3-8(13-6)7-5-12-9(4-10)11-7/h2-3,5H,4,10H2,1H3. The highest BCUT2D eigenvalue weighted by Crippen LogP contribution is 2.28. The zero-order chi connectivity index (χ0) is 9.26. The van der Waals surface area contributed by atoms with Gasteiger partial charge in [-0.3, -0.25) is 0 Å². The molecule has 0 aliphatic carbocycles. The average molecular weight is 210 g/mol. The van der Waals surface area contributed by atoms with Gasteiger partial charge >= 0.3 is 0 Å². The van der Waals surface area contributed by atoms with Crippen LogP contribution in [0.2, 0.25) is 0 Å². The summed E-state index contributed by atoms with van der Waals surface area (Å²) < 4.78 is 0. The molecule has 2 aromatic rings. The van der Waals surface area contributed by atoms with Crippen LogP contribution >= 0.6 is 22.7 Å². The van der Waals surface area contributed by atoms with Gasteiger partial charge in [0.05, 0.1) is 10.6 Å². The second-order valence-corrected chi connectivity index (χ2v) is 4.97. The largest absolute Gasteiger partial charge is 0.325 e. The van der Waals surface area contributed by atoms with Crippen LogP contribution in [0.4, 0.5) is 0 Å². The van der Waals surface area contributed by atoms with Gasteiger partial charge in [-0.25, -0.2) is 4.98 Å². The first-order valence-electron chi connectivity index (χ1n) is 4.01. The molecule has 0 bridgehead atoms. The Morgan fingerprint density at radius 2 is 2.31 bits per heavy atom. The first-order chi connectivity index (χ1) is 6.29. The predicted molar refractivity (Wildman–Crippen MR) is 58.1 cm³/mol. The molecule has 0 saturated carbocycles. The number of hydrogen-bond donors (Lipinski definition) is 1. The summed E-state index contributed by atoms with van der Waals surface area (Å²) in [4.78, 5) is 6.96. The van der Waals surface area contributed by atoms with Crippen LogP contribution in [0.1, 0.15) is 9.88 Å². The lowest BCUT2D eigenvalue weighted by atomic mass is 10.4. The third-order valence-electron chi connectivity index (χ3n) is 1.72. The molecule has 0 unspecified atom stereocenters. The molecule has 2 heterocycles. The molecular weight excluding hydrogens is 200 g/mol. The van der Waals surface area contributed by atoms with E-state index in [0.29, 0.717) is 6.54 Å². The molecule has 2 nitrogen and oxygen atoms in total. The van der Waals surface area contributed by atoms with Crippen LogP contribution < -0.4 is 5.73 Å². The number of hydrogen-bond acceptors (Lipinski definition) is 4. The third-order valence-corrected chi connectivity index (χ3v) is 3.61. The predicted octanol–water partition coefficient (Wildman–Crippen LogP) is 2.64. The second kappa shape index (κ2) is 3.57. The first-order valence-corrected chi connectivity index (χ1v) is 5.70. The van der Waals surface area contributed by atoms with E-state index in [9.17, 15) is 0 Å². The number of aromatic nitrogens is 1. The van der Waals surface area contributed by atoms with Crippen molar-refractivity contribution in [2.45, 2.75) is 13.5 Å². The Balaban J connectivity index is 2.35. The van der Waals surface area contributed by atoms with Crippen molar-refractivity contribution in [1.29, 1.82) is 0 Å². The molecule has 0 saturated heterocycles. The maximum atomic E-state index is 5.50. The average Bonchev–Trinajstić information content (AvgIpc) is 2.71. The normalized spacial score (nSPS) is 10.6. The van der Waals surface area contributed by atoms with Crippen LogP contribution in [-0.2, 0) is 6.54 Å². The topological polar surface area (TPSA) is 38.9 Å². The zero-order valence-corrected chi connectivity index (χ0v) is 8.91. The van der Waals surface area contributed by atoms with Gasteiger partial charge in [-0.1, -0.05) is 0 Å². The maximum absolute atomic E-state index is 5.50. The Kier molecular flexibility index (Phi) is 2.44. The second-order valence-electron chi connectivity index (χ2n) is 2.74. The number of nitrogens with zero attached hydrogens (tertiary/aromatic N) is 1. The lowest BCUT2D eigenvalue weighted by Crippen LogP contribution is -1.94. The van der Waals surface area contributed by atoms with Gasteiger partial charge in [-0.2, -0.15) is 0 Å². The van der Waals surface area contributed by atoms with Crippen molar-refractivity contribution in [2.75, 3.05) is 0 Å². The minimum Gasteiger partial charge on any atom is -0.325 e. The van der Waals surface area contributed by atoms with E-state index < -0.39 is 0 Å². The lowest BCUT2D eigenvalue weighted by Gasteiger charge is -1.87. The van der Waals surface area contributed by atoms with Crippen LogP contribution in [0.5, 0.6) is 0 Å². The van der Waals surface area contributed by atoms with E-state index in [-0.39, 0.29) is 0 Å². The molecule has 0 spiro atoms. The third kappa shape index (κ3) is 1.80.